The standard InChI is InChI=1S/C42H26O/c1-2-13-28(14-3-1)31-20-10-22-37-41-36(21-11-23-38(41)43-42(31)37)40-34-18-8-6-16-32(34)39(33-17-7-9-19-35(33)40)30-25-24-27-12-4-5-15-29(27)26-30/h1-26H/i1D,2D,3D,4D,5D,12D,13D,14D,15D,24D,25D,26D. The Morgan fingerprint density at radius 2 is 1.05 bits per heavy atom. The van der Waals surface area contributed by atoms with Crippen LogP contribution in [0, 0.1) is 0 Å². The van der Waals surface area contributed by atoms with Gasteiger partial charge < -0.3 is 4.42 Å². The first-order chi connectivity index (χ1) is 26.3. The van der Waals surface area contributed by atoms with Gasteiger partial charge in [-0.15, -0.1) is 0 Å². The van der Waals surface area contributed by atoms with E-state index in [2.05, 4.69) is 0 Å². The lowest BCUT2D eigenvalue weighted by molar-refractivity contribution is 0.670. The molecule has 0 atom stereocenters. The van der Waals surface area contributed by atoms with Crippen molar-refractivity contribution in [3.8, 4) is 33.4 Å². The second-order valence-corrected chi connectivity index (χ2v) is 10.3. The predicted octanol–water partition coefficient (Wildman–Crippen LogP) is 12.0. The second kappa shape index (κ2) is 9.44. The average Bonchev–Trinajstić information content (AvgIpc) is 3.59. The molecule has 0 aliphatic rings. The molecule has 0 bridgehead atoms. The number of benzene rings is 8. The van der Waals surface area contributed by atoms with Gasteiger partial charge in [0.1, 0.15) is 11.2 Å². The minimum absolute atomic E-state index is 0.0314. The Kier molecular flexibility index (Phi) is 3.29. The van der Waals surface area contributed by atoms with Gasteiger partial charge in [0, 0.05) is 16.3 Å². The highest BCUT2D eigenvalue weighted by molar-refractivity contribution is 6.26. The molecule has 0 saturated heterocycles. The van der Waals surface area contributed by atoms with E-state index in [1.54, 1.807) is 12.1 Å². The summed E-state index contributed by atoms with van der Waals surface area (Å²) in [5, 5.41) is 3.91. The highest BCUT2D eigenvalue weighted by atomic mass is 16.3. The highest BCUT2D eigenvalue weighted by Gasteiger charge is 2.21. The van der Waals surface area contributed by atoms with Gasteiger partial charge in [0.05, 0.1) is 16.4 Å². The number of fused-ring (bicyclic) bond motifs is 6. The maximum Gasteiger partial charge on any atom is 0.143 e. The quantitative estimate of drug-likeness (QED) is 0.197. The monoisotopic (exact) mass is 558 g/mol. The van der Waals surface area contributed by atoms with E-state index in [1.807, 2.05) is 72.8 Å². The maximum atomic E-state index is 9.40. The summed E-state index contributed by atoms with van der Waals surface area (Å²) in [5.41, 5.74) is 3.40. The molecule has 0 amide bonds. The summed E-state index contributed by atoms with van der Waals surface area (Å²) in [5.74, 6) is 0. The minimum Gasteiger partial charge on any atom is -0.455 e. The molecule has 0 fully saturated rings. The fourth-order valence-electron chi connectivity index (χ4n) is 6.23. The SMILES string of the molecule is [2H]c1c([2H])c([2H])c(-c2cccc3c2oc2cccc(-c4c5ccccc5c(-c5c([2H])c([2H])c6c([2H])c([2H])c([2H])c([2H])c6c5[2H])c5ccccc45)c23)c([2H])c1[2H]. The van der Waals surface area contributed by atoms with Crippen LogP contribution in [-0.2, 0) is 0 Å². The van der Waals surface area contributed by atoms with Gasteiger partial charge in [0.15, 0.2) is 0 Å². The molecule has 9 rings (SSSR count). The van der Waals surface area contributed by atoms with Crippen molar-refractivity contribution in [3.63, 3.8) is 0 Å². The summed E-state index contributed by atoms with van der Waals surface area (Å²) >= 11 is 0. The van der Waals surface area contributed by atoms with Crippen LogP contribution in [-0.4, -0.2) is 0 Å². The molecule has 1 nitrogen and oxygen atoms in total. The first kappa shape index (κ1) is 15.0. The molecule has 1 aromatic heterocycles. The third kappa shape index (κ3) is 3.65. The molecule has 0 N–H and O–H groups in total. The van der Waals surface area contributed by atoms with Gasteiger partial charge in [-0.25, -0.2) is 0 Å². The van der Waals surface area contributed by atoms with Crippen LogP contribution in [0.25, 0.3) is 87.6 Å². The molecule has 1 heterocycles. The average molecular weight is 559 g/mol. The van der Waals surface area contributed by atoms with Gasteiger partial charge >= 0.3 is 0 Å². The van der Waals surface area contributed by atoms with E-state index in [4.69, 9.17) is 18.1 Å². The molecular weight excluding hydrogens is 520 g/mol. The van der Waals surface area contributed by atoms with Crippen LogP contribution in [0.5, 0.6) is 0 Å². The molecule has 200 valence electrons. The topological polar surface area (TPSA) is 13.1 Å². The van der Waals surface area contributed by atoms with Crippen molar-refractivity contribution in [1.82, 2.24) is 0 Å². The summed E-state index contributed by atoms with van der Waals surface area (Å²) in [7, 11) is 0. The lowest BCUT2D eigenvalue weighted by Gasteiger charge is -2.18. The zero-order valence-corrected chi connectivity index (χ0v) is 22.5. The zero-order valence-electron chi connectivity index (χ0n) is 34.5. The van der Waals surface area contributed by atoms with Gasteiger partial charge in [0.25, 0.3) is 0 Å². The first-order valence-electron chi connectivity index (χ1n) is 19.8. The third-order valence-electron chi connectivity index (χ3n) is 7.99. The molecule has 0 aliphatic carbocycles. The van der Waals surface area contributed by atoms with Crippen LogP contribution in [0.15, 0.2) is 162 Å². The third-order valence-corrected chi connectivity index (χ3v) is 7.99. The maximum absolute atomic E-state index is 9.40. The Balaban J connectivity index is 1.41. The number of para-hydroxylation sites is 1. The van der Waals surface area contributed by atoms with Crippen molar-refractivity contribution in [3.05, 3.63) is 157 Å². The van der Waals surface area contributed by atoms with Crippen LogP contribution in [0.1, 0.15) is 16.4 Å². The molecular formula is C42H26O. The fraction of sp³-hybridized carbons (Fsp3) is 0. The lowest BCUT2D eigenvalue weighted by Crippen LogP contribution is -1.91. The Morgan fingerprint density at radius 1 is 0.442 bits per heavy atom. The van der Waals surface area contributed by atoms with Crippen molar-refractivity contribution < 1.29 is 20.9 Å². The van der Waals surface area contributed by atoms with Crippen LogP contribution in [0.4, 0.5) is 0 Å². The second-order valence-electron chi connectivity index (χ2n) is 10.3. The molecule has 0 aliphatic heterocycles. The summed E-state index contributed by atoms with van der Waals surface area (Å²) in [6.45, 7) is 0. The molecule has 0 radical (unpaired) electrons. The van der Waals surface area contributed by atoms with Gasteiger partial charge in [-0.05, 0) is 72.2 Å². The van der Waals surface area contributed by atoms with Crippen molar-refractivity contribution in [2.24, 2.45) is 0 Å². The molecule has 0 unspecified atom stereocenters. The first-order valence-corrected chi connectivity index (χ1v) is 13.8. The summed E-state index contributed by atoms with van der Waals surface area (Å²) < 4.78 is 110. The van der Waals surface area contributed by atoms with E-state index in [9.17, 15) is 2.74 Å². The van der Waals surface area contributed by atoms with Crippen molar-refractivity contribution >= 4 is 54.3 Å². The molecule has 8 aromatic carbocycles. The highest BCUT2D eigenvalue weighted by Crippen LogP contribution is 2.47. The van der Waals surface area contributed by atoms with Crippen LogP contribution in [0.3, 0.4) is 0 Å². The molecule has 1 heteroatoms. The fourth-order valence-corrected chi connectivity index (χ4v) is 6.23. The van der Waals surface area contributed by atoms with E-state index in [1.165, 1.54) is 0 Å². The Hall–Kier alpha value is -5.66. The number of hydrogen-bond acceptors (Lipinski definition) is 1. The van der Waals surface area contributed by atoms with E-state index in [-0.39, 0.29) is 46.1 Å². The van der Waals surface area contributed by atoms with Gasteiger partial charge in [0.2, 0.25) is 0 Å². The largest absolute Gasteiger partial charge is 0.455 e. The smallest absolute Gasteiger partial charge is 0.143 e. The number of furan rings is 1. The van der Waals surface area contributed by atoms with Gasteiger partial charge in [-0.1, -0.05) is 145 Å². The zero-order chi connectivity index (χ0) is 38.8. The summed E-state index contributed by atoms with van der Waals surface area (Å²) in [6.07, 6.45) is 0. The molecule has 0 saturated carbocycles. The van der Waals surface area contributed by atoms with Gasteiger partial charge in [-0.3, -0.25) is 0 Å². The van der Waals surface area contributed by atoms with Crippen molar-refractivity contribution in [1.29, 1.82) is 0 Å². The predicted molar refractivity (Wildman–Crippen MR) is 183 cm³/mol. The van der Waals surface area contributed by atoms with E-state index < -0.39 is 48.3 Å². The normalized spacial score (nSPS) is 15.6. The number of hydrogen-bond donors (Lipinski definition) is 0. The Morgan fingerprint density at radius 3 is 1.79 bits per heavy atom. The lowest BCUT2D eigenvalue weighted by atomic mass is 9.84. The molecule has 43 heavy (non-hydrogen) atoms. The Bertz CT molecular complexity index is 3100. The van der Waals surface area contributed by atoms with E-state index in [0.29, 0.717) is 38.5 Å². The van der Waals surface area contributed by atoms with Crippen LogP contribution < -0.4 is 0 Å². The van der Waals surface area contributed by atoms with Crippen molar-refractivity contribution in [2.75, 3.05) is 0 Å². The number of rotatable bonds is 3. The van der Waals surface area contributed by atoms with Crippen molar-refractivity contribution in [2.45, 2.75) is 0 Å². The van der Waals surface area contributed by atoms with Gasteiger partial charge in [-0.2, -0.15) is 0 Å². The molecule has 9 aromatic rings. The van der Waals surface area contributed by atoms with E-state index >= 15 is 0 Å². The van der Waals surface area contributed by atoms with Crippen LogP contribution in [0.2, 0.25) is 0 Å². The minimum atomic E-state index is -0.529. The molecule has 0 spiro atoms. The van der Waals surface area contributed by atoms with E-state index in [0.717, 1.165) is 27.3 Å². The van der Waals surface area contributed by atoms with Crippen LogP contribution >= 0.6 is 0 Å². The Labute approximate surface area is 266 Å². The summed E-state index contributed by atoms with van der Waals surface area (Å²) in [4.78, 5) is 0. The summed E-state index contributed by atoms with van der Waals surface area (Å²) in [6, 6.07) is 21.0.